The Hall–Kier alpha value is -3.48. The number of aromatic nitrogens is 3. The SMILES string of the molecule is Cn1cc(-c2nc(C(=O)O)c(N)nc2-c2ccccc2)ccc1=O. The monoisotopic (exact) mass is 322 g/mol. The molecule has 3 N–H and O–H groups in total. The van der Waals surface area contributed by atoms with Gasteiger partial charge in [-0.2, -0.15) is 0 Å². The van der Waals surface area contributed by atoms with E-state index in [0.717, 1.165) is 5.56 Å². The number of carbonyl (C=O) groups is 1. The van der Waals surface area contributed by atoms with Crippen LogP contribution in [0.4, 0.5) is 5.82 Å². The minimum atomic E-state index is -1.26. The van der Waals surface area contributed by atoms with Crippen molar-refractivity contribution >= 4 is 11.8 Å². The summed E-state index contributed by atoms with van der Waals surface area (Å²) in [6.07, 6.45) is 1.58. The molecule has 0 saturated heterocycles. The van der Waals surface area contributed by atoms with Crippen molar-refractivity contribution in [1.29, 1.82) is 0 Å². The summed E-state index contributed by atoms with van der Waals surface area (Å²) in [5.41, 5.74) is 7.38. The van der Waals surface area contributed by atoms with Gasteiger partial charge in [-0.15, -0.1) is 0 Å². The standard InChI is InChI=1S/C17H14N4O3/c1-21-9-11(7-8-12(21)22)14-13(10-5-3-2-4-6-10)20-16(18)15(19-14)17(23)24/h2-9H,1H3,(H2,18,20)(H,23,24). The average molecular weight is 322 g/mol. The number of hydrogen-bond acceptors (Lipinski definition) is 5. The maximum Gasteiger partial charge on any atom is 0.358 e. The van der Waals surface area contributed by atoms with Gasteiger partial charge in [0, 0.05) is 30.4 Å². The lowest BCUT2D eigenvalue weighted by Gasteiger charge is -2.12. The highest BCUT2D eigenvalue weighted by molar-refractivity contribution is 5.92. The molecule has 120 valence electrons. The molecule has 7 heteroatoms. The zero-order valence-corrected chi connectivity index (χ0v) is 12.8. The number of anilines is 1. The summed E-state index contributed by atoms with van der Waals surface area (Å²) in [7, 11) is 1.61. The van der Waals surface area contributed by atoms with E-state index in [1.165, 1.54) is 10.6 Å². The van der Waals surface area contributed by atoms with Crippen LogP contribution in [0.15, 0.2) is 53.5 Å². The van der Waals surface area contributed by atoms with E-state index >= 15 is 0 Å². The summed E-state index contributed by atoms with van der Waals surface area (Å²) >= 11 is 0. The number of hydrogen-bond donors (Lipinski definition) is 2. The maximum atomic E-state index is 11.6. The third kappa shape index (κ3) is 2.74. The Morgan fingerprint density at radius 2 is 1.71 bits per heavy atom. The van der Waals surface area contributed by atoms with Crippen molar-refractivity contribution in [2.45, 2.75) is 0 Å². The van der Waals surface area contributed by atoms with Crippen LogP contribution in [-0.2, 0) is 7.05 Å². The lowest BCUT2D eigenvalue weighted by atomic mass is 10.0. The van der Waals surface area contributed by atoms with Crippen molar-refractivity contribution in [3.8, 4) is 22.5 Å². The van der Waals surface area contributed by atoms with E-state index in [-0.39, 0.29) is 17.1 Å². The first-order valence-corrected chi connectivity index (χ1v) is 7.10. The predicted octanol–water partition coefficient (Wildman–Crippen LogP) is 1.79. The highest BCUT2D eigenvalue weighted by Crippen LogP contribution is 2.30. The predicted molar refractivity (Wildman–Crippen MR) is 89.5 cm³/mol. The van der Waals surface area contributed by atoms with Gasteiger partial charge in [0.15, 0.2) is 11.5 Å². The second-order valence-corrected chi connectivity index (χ2v) is 5.19. The molecule has 0 aliphatic heterocycles. The first-order valence-electron chi connectivity index (χ1n) is 7.10. The highest BCUT2D eigenvalue weighted by atomic mass is 16.4. The Bertz CT molecular complexity index is 981. The molecule has 2 aromatic heterocycles. The fraction of sp³-hybridized carbons (Fsp3) is 0.0588. The lowest BCUT2D eigenvalue weighted by molar-refractivity contribution is 0.0691. The van der Waals surface area contributed by atoms with Gasteiger partial charge >= 0.3 is 5.97 Å². The highest BCUT2D eigenvalue weighted by Gasteiger charge is 2.19. The first-order chi connectivity index (χ1) is 11.5. The van der Waals surface area contributed by atoms with Gasteiger partial charge in [0.05, 0.1) is 11.4 Å². The Labute approximate surface area is 137 Å². The van der Waals surface area contributed by atoms with Crippen LogP contribution in [0.5, 0.6) is 0 Å². The molecule has 7 nitrogen and oxygen atoms in total. The molecule has 0 aliphatic carbocycles. The summed E-state index contributed by atoms with van der Waals surface area (Å²) in [6, 6.07) is 12.2. The molecule has 0 aliphatic rings. The van der Waals surface area contributed by atoms with Crippen molar-refractivity contribution in [1.82, 2.24) is 14.5 Å². The van der Waals surface area contributed by atoms with E-state index in [4.69, 9.17) is 5.73 Å². The molecule has 24 heavy (non-hydrogen) atoms. The number of nitrogen functional groups attached to an aromatic ring is 1. The van der Waals surface area contributed by atoms with E-state index in [0.29, 0.717) is 17.0 Å². The molecule has 0 bridgehead atoms. The molecule has 0 spiro atoms. The molecular formula is C17H14N4O3. The van der Waals surface area contributed by atoms with Gasteiger partial charge in [-0.3, -0.25) is 4.79 Å². The molecule has 3 rings (SSSR count). The molecular weight excluding hydrogens is 308 g/mol. The number of nitrogens with zero attached hydrogens (tertiary/aromatic N) is 3. The zero-order valence-electron chi connectivity index (χ0n) is 12.8. The van der Waals surface area contributed by atoms with E-state index in [9.17, 15) is 14.7 Å². The van der Waals surface area contributed by atoms with Gasteiger partial charge in [0.2, 0.25) is 5.56 Å². The van der Waals surface area contributed by atoms with Crippen LogP contribution in [0.3, 0.4) is 0 Å². The number of pyridine rings is 1. The minimum absolute atomic E-state index is 0.157. The van der Waals surface area contributed by atoms with Gasteiger partial charge in [0.1, 0.15) is 0 Å². The number of aryl methyl sites for hydroxylation is 1. The smallest absolute Gasteiger partial charge is 0.358 e. The van der Waals surface area contributed by atoms with E-state index in [1.807, 2.05) is 30.3 Å². The summed E-state index contributed by atoms with van der Waals surface area (Å²) in [4.78, 5) is 31.4. The van der Waals surface area contributed by atoms with E-state index in [2.05, 4.69) is 9.97 Å². The van der Waals surface area contributed by atoms with Crippen molar-refractivity contribution in [3.63, 3.8) is 0 Å². The Morgan fingerprint density at radius 1 is 1.04 bits per heavy atom. The van der Waals surface area contributed by atoms with E-state index in [1.54, 1.807) is 19.3 Å². The number of benzene rings is 1. The van der Waals surface area contributed by atoms with E-state index < -0.39 is 5.97 Å². The third-order valence-electron chi connectivity index (χ3n) is 3.53. The molecule has 2 heterocycles. The van der Waals surface area contributed by atoms with Crippen molar-refractivity contribution in [2.75, 3.05) is 5.73 Å². The number of nitrogens with two attached hydrogens (primary N) is 1. The summed E-state index contributed by atoms with van der Waals surface area (Å²) in [6.45, 7) is 0. The fourth-order valence-electron chi connectivity index (χ4n) is 2.34. The molecule has 1 aromatic carbocycles. The maximum absolute atomic E-state index is 11.6. The van der Waals surface area contributed by atoms with Gasteiger partial charge in [-0.1, -0.05) is 30.3 Å². The van der Waals surface area contributed by atoms with Crippen LogP contribution < -0.4 is 11.3 Å². The van der Waals surface area contributed by atoms with Crippen molar-refractivity contribution < 1.29 is 9.90 Å². The average Bonchev–Trinajstić information content (AvgIpc) is 2.57. The minimum Gasteiger partial charge on any atom is -0.476 e. The van der Waals surface area contributed by atoms with Gasteiger partial charge in [-0.05, 0) is 6.07 Å². The first kappa shape index (κ1) is 15.4. The number of carboxylic acids is 1. The van der Waals surface area contributed by atoms with Crippen LogP contribution in [-0.4, -0.2) is 25.6 Å². The van der Waals surface area contributed by atoms with Gasteiger partial charge < -0.3 is 15.4 Å². The largest absolute Gasteiger partial charge is 0.476 e. The van der Waals surface area contributed by atoms with Crippen molar-refractivity contribution in [3.05, 3.63) is 64.7 Å². The second-order valence-electron chi connectivity index (χ2n) is 5.19. The normalized spacial score (nSPS) is 10.5. The van der Waals surface area contributed by atoms with Crippen LogP contribution in [0.1, 0.15) is 10.5 Å². The van der Waals surface area contributed by atoms with Crippen molar-refractivity contribution in [2.24, 2.45) is 7.05 Å². The summed E-state index contributed by atoms with van der Waals surface area (Å²) < 4.78 is 1.39. The Morgan fingerprint density at radius 3 is 2.33 bits per heavy atom. The molecule has 0 radical (unpaired) electrons. The lowest BCUT2D eigenvalue weighted by Crippen LogP contribution is -2.15. The molecule has 0 unspecified atom stereocenters. The topological polar surface area (TPSA) is 111 Å². The number of rotatable bonds is 3. The number of aromatic carboxylic acids is 1. The zero-order chi connectivity index (χ0) is 17.3. The fourth-order valence-corrected chi connectivity index (χ4v) is 2.34. The molecule has 0 saturated carbocycles. The van der Waals surface area contributed by atoms with Crippen LogP contribution in [0.25, 0.3) is 22.5 Å². The van der Waals surface area contributed by atoms with Crippen LogP contribution >= 0.6 is 0 Å². The Balaban J connectivity index is 2.32. The summed E-state index contributed by atoms with van der Waals surface area (Å²) in [5, 5.41) is 9.26. The number of carboxylic acid groups (broad SMARTS) is 1. The Kier molecular flexibility index (Phi) is 3.83. The second kappa shape index (κ2) is 5.96. The summed E-state index contributed by atoms with van der Waals surface area (Å²) in [5.74, 6) is -1.42. The van der Waals surface area contributed by atoms with Crippen LogP contribution in [0.2, 0.25) is 0 Å². The van der Waals surface area contributed by atoms with Crippen LogP contribution in [0, 0.1) is 0 Å². The quantitative estimate of drug-likeness (QED) is 0.760. The van der Waals surface area contributed by atoms with Gasteiger partial charge in [-0.25, -0.2) is 14.8 Å². The molecule has 3 aromatic rings. The van der Waals surface area contributed by atoms with Gasteiger partial charge in [0.25, 0.3) is 0 Å². The molecule has 0 fully saturated rings. The molecule has 0 amide bonds. The third-order valence-corrected chi connectivity index (χ3v) is 3.53. The molecule has 0 atom stereocenters.